The lowest BCUT2D eigenvalue weighted by Gasteiger charge is -2.27. The van der Waals surface area contributed by atoms with Crippen molar-refractivity contribution in [3.63, 3.8) is 0 Å². The van der Waals surface area contributed by atoms with Crippen molar-refractivity contribution < 1.29 is 28.1 Å². The monoisotopic (exact) mass is 618 g/mol. The summed E-state index contributed by atoms with van der Waals surface area (Å²) in [5.41, 5.74) is 8.24. The number of allylic oxidation sites excluding steroid dienone is 1. The van der Waals surface area contributed by atoms with Crippen LogP contribution in [-0.4, -0.2) is 12.6 Å². The van der Waals surface area contributed by atoms with Crippen LogP contribution in [0.15, 0.2) is 90.3 Å². The molecule has 10 heteroatoms. The van der Waals surface area contributed by atoms with Crippen LogP contribution in [0.5, 0.6) is 23.0 Å². The number of esters is 1. The van der Waals surface area contributed by atoms with Gasteiger partial charge in [0.15, 0.2) is 5.75 Å². The number of carbonyl (C=O) groups is 1. The number of nitriles is 1. The summed E-state index contributed by atoms with van der Waals surface area (Å²) < 4.78 is 36.8. The van der Waals surface area contributed by atoms with Gasteiger partial charge in [0.25, 0.3) is 0 Å². The molecule has 2 N–H and O–H groups in total. The second kappa shape index (κ2) is 13.1. The maximum absolute atomic E-state index is 14.1. The van der Waals surface area contributed by atoms with Crippen LogP contribution in [0.2, 0.25) is 10.0 Å². The van der Waals surface area contributed by atoms with E-state index in [-0.39, 0.29) is 45.2 Å². The fourth-order valence-electron chi connectivity index (χ4n) is 4.59. The van der Waals surface area contributed by atoms with Gasteiger partial charge < -0.3 is 24.7 Å². The molecular weight excluding hydrogens is 594 g/mol. The van der Waals surface area contributed by atoms with Crippen LogP contribution in [0.25, 0.3) is 0 Å². The van der Waals surface area contributed by atoms with Gasteiger partial charge in [0.2, 0.25) is 5.88 Å². The Morgan fingerprint density at radius 1 is 1.00 bits per heavy atom. The molecule has 0 saturated heterocycles. The zero-order valence-electron chi connectivity index (χ0n) is 22.9. The topological polar surface area (TPSA) is 104 Å². The minimum absolute atomic E-state index is 0.0310. The largest absolute Gasteiger partial charge is 0.490 e. The number of hydrogen-bond donors (Lipinski definition) is 1. The van der Waals surface area contributed by atoms with Gasteiger partial charge in [0.1, 0.15) is 41.3 Å². The molecular formula is C33H25Cl2FN2O5. The minimum atomic E-state index is -0.695. The Balaban J connectivity index is 1.39. The van der Waals surface area contributed by atoms with Gasteiger partial charge in [-0.1, -0.05) is 66.5 Å². The maximum Gasteiger partial charge on any atom is 0.343 e. The van der Waals surface area contributed by atoms with E-state index in [0.29, 0.717) is 40.5 Å². The van der Waals surface area contributed by atoms with Crippen molar-refractivity contribution in [2.24, 2.45) is 5.73 Å². The average Bonchev–Trinajstić information content (AvgIpc) is 2.99. The molecule has 0 amide bonds. The molecule has 5 rings (SSSR count). The summed E-state index contributed by atoms with van der Waals surface area (Å²) in [6.45, 7) is 2.41. The van der Waals surface area contributed by atoms with Gasteiger partial charge in [0.05, 0.1) is 28.1 Å². The number of benzene rings is 4. The standard InChI is InChI=1S/C33H25Cl2FN2O5/c1-2-12-40-31-26(34)14-21(15-27(31)35)33(39)42-23-10-11-24-29(16-23)43-32(38)25(17-37)30(24)19-7-5-8-22(13-19)41-18-20-6-3-4-9-28(20)36/h3-11,13-16,30H,2,12,18,38H2,1H3. The first-order chi connectivity index (χ1) is 20.8. The second-order valence-electron chi connectivity index (χ2n) is 9.58. The van der Waals surface area contributed by atoms with E-state index in [1.165, 1.54) is 24.3 Å². The third kappa shape index (κ3) is 6.54. The van der Waals surface area contributed by atoms with E-state index in [2.05, 4.69) is 6.07 Å². The summed E-state index contributed by atoms with van der Waals surface area (Å²) in [6, 6.07) is 23.3. The van der Waals surface area contributed by atoms with E-state index in [0.717, 1.165) is 6.42 Å². The van der Waals surface area contributed by atoms with Crippen molar-refractivity contribution >= 4 is 29.2 Å². The Hall–Kier alpha value is -4.71. The van der Waals surface area contributed by atoms with Gasteiger partial charge in [-0.3, -0.25) is 0 Å². The number of fused-ring (bicyclic) bond motifs is 1. The lowest BCUT2D eigenvalue weighted by molar-refractivity contribution is 0.0734. The Labute approximate surface area is 257 Å². The van der Waals surface area contributed by atoms with Crippen molar-refractivity contribution in [1.29, 1.82) is 5.26 Å². The van der Waals surface area contributed by atoms with E-state index < -0.39 is 11.9 Å². The molecule has 1 aliphatic rings. The Kier molecular flexibility index (Phi) is 9.05. The number of carbonyl (C=O) groups excluding carboxylic acids is 1. The third-order valence-corrected chi connectivity index (χ3v) is 7.19. The van der Waals surface area contributed by atoms with Crippen molar-refractivity contribution in [3.8, 4) is 29.1 Å². The zero-order chi connectivity index (χ0) is 30.5. The van der Waals surface area contributed by atoms with E-state index in [4.69, 9.17) is 47.9 Å². The molecule has 218 valence electrons. The summed E-state index contributed by atoms with van der Waals surface area (Å²) in [7, 11) is 0. The third-order valence-electron chi connectivity index (χ3n) is 6.63. The Bertz CT molecular complexity index is 1750. The second-order valence-corrected chi connectivity index (χ2v) is 10.4. The highest BCUT2D eigenvalue weighted by atomic mass is 35.5. The van der Waals surface area contributed by atoms with Crippen LogP contribution in [-0.2, 0) is 6.61 Å². The lowest BCUT2D eigenvalue weighted by atomic mass is 9.83. The number of nitrogens with zero attached hydrogens (tertiary/aromatic N) is 1. The number of hydrogen-bond acceptors (Lipinski definition) is 7. The molecule has 1 atom stereocenters. The SMILES string of the molecule is CCCOc1c(Cl)cc(C(=O)Oc2ccc3c(c2)OC(N)=C(C#N)C3c2cccc(OCc3ccccc3F)c2)cc1Cl. The molecule has 0 radical (unpaired) electrons. The highest BCUT2D eigenvalue weighted by Crippen LogP contribution is 2.44. The molecule has 4 aromatic carbocycles. The van der Waals surface area contributed by atoms with E-state index >= 15 is 0 Å². The van der Waals surface area contributed by atoms with E-state index in [9.17, 15) is 14.4 Å². The van der Waals surface area contributed by atoms with Crippen molar-refractivity contribution in [3.05, 3.63) is 128 Å². The van der Waals surface area contributed by atoms with Gasteiger partial charge in [0, 0.05) is 17.2 Å². The summed E-state index contributed by atoms with van der Waals surface area (Å²) in [4.78, 5) is 12.9. The highest BCUT2D eigenvalue weighted by Gasteiger charge is 2.31. The highest BCUT2D eigenvalue weighted by molar-refractivity contribution is 6.37. The maximum atomic E-state index is 14.1. The van der Waals surface area contributed by atoms with Crippen molar-refractivity contribution in [2.75, 3.05) is 6.61 Å². The molecule has 43 heavy (non-hydrogen) atoms. The van der Waals surface area contributed by atoms with Crippen molar-refractivity contribution in [1.82, 2.24) is 0 Å². The fourth-order valence-corrected chi connectivity index (χ4v) is 5.18. The van der Waals surface area contributed by atoms with E-state index in [1.807, 2.05) is 13.0 Å². The zero-order valence-corrected chi connectivity index (χ0v) is 24.4. The van der Waals surface area contributed by atoms with Gasteiger partial charge in [-0.05, 0) is 48.4 Å². The predicted octanol–water partition coefficient (Wildman–Crippen LogP) is 7.94. The molecule has 1 heterocycles. The quantitative estimate of drug-likeness (QED) is 0.150. The van der Waals surface area contributed by atoms with Crippen molar-refractivity contribution in [2.45, 2.75) is 25.9 Å². The normalized spacial score (nSPS) is 13.9. The number of nitrogens with two attached hydrogens (primary N) is 1. The lowest BCUT2D eigenvalue weighted by Crippen LogP contribution is -2.21. The van der Waals surface area contributed by atoms with Gasteiger partial charge in [-0.25, -0.2) is 9.18 Å². The molecule has 0 aromatic heterocycles. The molecule has 0 fully saturated rings. The van der Waals surface area contributed by atoms with Gasteiger partial charge >= 0.3 is 5.97 Å². The van der Waals surface area contributed by atoms with Crippen LogP contribution in [0.1, 0.15) is 46.3 Å². The molecule has 1 aliphatic heterocycles. The van der Waals surface area contributed by atoms with Gasteiger partial charge in [-0.15, -0.1) is 0 Å². The first-order valence-corrected chi connectivity index (χ1v) is 14.1. The number of rotatable bonds is 9. The minimum Gasteiger partial charge on any atom is -0.490 e. The van der Waals surface area contributed by atoms with Crippen LogP contribution in [0, 0.1) is 17.1 Å². The first kappa shape index (κ1) is 29.8. The first-order valence-electron chi connectivity index (χ1n) is 13.3. The van der Waals surface area contributed by atoms with Crippen LogP contribution < -0.4 is 24.7 Å². The summed E-state index contributed by atoms with van der Waals surface area (Å²) in [6.07, 6.45) is 0.766. The molecule has 0 spiro atoms. The smallest absolute Gasteiger partial charge is 0.343 e. The van der Waals surface area contributed by atoms with Crippen LogP contribution in [0.3, 0.4) is 0 Å². The predicted molar refractivity (Wildman–Crippen MR) is 160 cm³/mol. The molecule has 1 unspecified atom stereocenters. The summed E-state index contributed by atoms with van der Waals surface area (Å²) in [5.74, 6) is -0.462. The molecule has 0 aliphatic carbocycles. The molecule has 7 nitrogen and oxygen atoms in total. The fraction of sp³-hybridized carbons (Fsp3) is 0.152. The number of ether oxygens (including phenoxy) is 4. The van der Waals surface area contributed by atoms with Crippen LogP contribution in [0.4, 0.5) is 4.39 Å². The molecule has 0 saturated carbocycles. The summed E-state index contributed by atoms with van der Waals surface area (Å²) in [5, 5.41) is 10.3. The Morgan fingerprint density at radius 2 is 1.77 bits per heavy atom. The van der Waals surface area contributed by atoms with E-state index in [1.54, 1.807) is 48.5 Å². The summed E-state index contributed by atoms with van der Waals surface area (Å²) >= 11 is 12.6. The number of halogens is 3. The Morgan fingerprint density at radius 3 is 2.49 bits per heavy atom. The molecule has 0 bridgehead atoms. The average molecular weight is 619 g/mol. The van der Waals surface area contributed by atoms with Gasteiger partial charge in [-0.2, -0.15) is 5.26 Å². The van der Waals surface area contributed by atoms with Crippen LogP contribution >= 0.6 is 23.2 Å². The molecule has 4 aromatic rings.